The zero-order chi connectivity index (χ0) is 23.4. The van der Waals surface area contributed by atoms with E-state index in [4.69, 9.17) is 9.47 Å². The fourth-order valence-electron chi connectivity index (χ4n) is 3.27. The molecule has 0 spiro atoms. The highest BCUT2D eigenvalue weighted by Gasteiger charge is 2.35. The molecular weight excluding hydrogens is 432 g/mol. The van der Waals surface area contributed by atoms with Crippen molar-refractivity contribution >= 4 is 34.7 Å². The van der Waals surface area contributed by atoms with Crippen LogP contribution >= 0.6 is 11.8 Å². The summed E-state index contributed by atoms with van der Waals surface area (Å²) in [6, 6.07) is 10.1. The van der Waals surface area contributed by atoms with Crippen LogP contribution in [-0.2, 0) is 4.79 Å². The van der Waals surface area contributed by atoms with E-state index < -0.39 is 16.1 Å². The van der Waals surface area contributed by atoms with Crippen molar-refractivity contribution in [2.75, 3.05) is 20.3 Å². The summed E-state index contributed by atoms with van der Waals surface area (Å²) in [6.45, 7) is 6.37. The normalized spacial score (nSPS) is 15.0. The van der Waals surface area contributed by atoms with E-state index in [0.29, 0.717) is 11.3 Å². The number of hydrogen-bond acceptors (Lipinski definition) is 7. The van der Waals surface area contributed by atoms with E-state index in [1.54, 1.807) is 0 Å². The van der Waals surface area contributed by atoms with E-state index in [0.717, 1.165) is 33.5 Å². The van der Waals surface area contributed by atoms with E-state index in [-0.39, 0.29) is 29.7 Å². The van der Waals surface area contributed by atoms with Crippen LogP contribution in [0.3, 0.4) is 0 Å². The molecule has 0 radical (unpaired) electrons. The molecule has 0 saturated carbocycles. The Balaban J connectivity index is 1.74. The van der Waals surface area contributed by atoms with E-state index >= 15 is 0 Å². The minimum absolute atomic E-state index is 0.0968. The summed E-state index contributed by atoms with van der Waals surface area (Å²) in [6.07, 6.45) is 1.44. The number of nitro benzene ring substituents is 1. The Bertz CT molecular complexity index is 1100. The van der Waals surface area contributed by atoms with Crippen LogP contribution < -0.4 is 9.47 Å². The number of carbonyl (C=O) groups excluding carboxylic acids is 2. The lowest BCUT2D eigenvalue weighted by Crippen LogP contribution is -2.32. The monoisotopic (exact) mass is 456 g/mol. The molecule has 8 nitrogen and oxygen atoms in total. The molecular formula is C23H24N2O6S. The van der Waals surface area contributed by atoms with Gasteiger partial charge in [-0.3, -0.25) is 24.6 Å². The third-order valence-electron chi connectivity index (χ3n) is 4.95. The SMILES string of the molecule is COc1ccc([N+](=O)[O-])cc1/C=C1\SC(=O)N(CCOc2cc(C)ccc2C(C)C)C1=O. The van der Waals surface area contributed by atoms with Crippen molar-refractivity contribution < 1.29 is 24.0 Å². The van der Waals surface area contributed by atoms with Crippen LogP contribution in [0.15, 0.2) is 41.3 Å². The second-order valence-electron chi connectivity index (χ2n) is 7.56. The Morgan fingerprint density at radius 1 is 1.16 bits per heavy atom. The van der Waals surface area contributed by atoms with E-state index in [1.807, 2.05) is 25.1 Å². The van der Waals surface area contributed by atoms with Gasteiger partial charge >= 0.3 is 0 Å². The molecule has 1 aliphatic heterocycles. The van der Waals surface area contributed by atoms with Gasteiger partial charge in [0.25, 0.3) is 16.8 Å². The van der Waals surface area contributed by atoms with E-state index in [1.165, 1.54) is 31.4 Å². The Morgan fingerprint density at radius 3 is 2.56 bits per heavy atom. The number of imide groups is 1. The number of aryl methyl sites for hydroxylation is 1. The number of benzene rings is 2. The summed E-state index contributed by atoms with van der Waals surface area (Å²) < 4.78 is 11.1. The van der Waals surface area contributed by atoms with Crippen molar-refractivity contribution in [3.8, 4) is 11.5 Å². The molecule has 168 valence electrons. The first-order valence-electron chi connectivity index (χ1n) is 10.0. The maximum atomic E-state index is 12.8. The molecule has 1 aliphatic rings. The highest BCUT2D eigenvalue weighted by molar-refractivity contribution is 8.18. The summed E-state index contributed by atoms with van der Waals surface area (Å²) in [5, 5.41) is 10.7. The van der Waals surface area contributed by atoms with Crippen molar-refractivity contribution in [3.63, 3.8) is 0 Å². The summed E-state index contributed by atoms with van der Waals surface area (Å²) >= 11 is 0.784. The summed E-state index contributed by atoms with van der Waals surface area (Å²) in [5.41, 5.74) is 2.33. The zero-order valence-corrected chi connectivity index (χ0v) is 19.1. The summed E-state index contributed by atoms with van der Waals surface area (Å²) in [5.74, 6) is 0.913. The first-order valence-corrected chi connectivity index (χ1v) is 10.8. The van der Waals surface area contributed by atoms with Crippen LogP contribution in [0.1, 0.15) is 36.5 Å². The third-order valence-corrected chi connectivity index (χ3v) is 5.86. The van der Waals surface area contributed by atoms with Gasteiger partial charge in [-0.2, -0.15) is 0 Å². The molecule has 3 rings (SSSR count). The lowest BCUT2D eigenvalue weighted by molar-refractivity contribution is -0.384. The molecule has 9 heteroatoms. The molecule has 0 unspecified atom stereocenters. The maximum Gasteiger partial charge on any atom is 0.293 e. The Hall–Kier alpha value is -3.33. The van der Waals surface area contributed by atoms with Crippen molar-refractivity contribution in [3.05, 3.63) is 68.1 Å². The number of ether oxygens (including phenoxy) is 2. The molecule has 2 amide bonds. The number of rotatable bonds is 8. The first-order chi connectivity index (χ1) is 15.2. The fourth-order valence-corrected chi connectivity index (χ4v) is 4.13. The predicted molar refractivity (Wildman–Crippen MR) is 123 cm³/mol. The molecule has 1 saturated heterocycles. The molecule has 2 aromatic rings. The molecule has 1 fully saturated rings. The lowest BCUT2D eigenvalue weighted by Gasteiger charge is -2.17. The molecule has 0 aliphatic carbocycles. The quantitative estimate of drug-likeness (QED) is 0.308. The number of hydrogen-bond donors (Lipinski definition) is 0. The van der Waals surface area contributed by atoms with Crippen molar-refractivity contribution in [1.29, 1.82) is 0 Å². The lowest BCUT2D eigenvalue weighted by atomic mass is 10.0. The standard InChI is InChI=1S/C23H24N2O6S/c1-14(2)18-7-5-15(3)11-20(18)31-10-9-24-22(26)21(32-23(24)27)13-16-12-17(25(28)29)6-8-19(16)30-4/h5-8,11-14H,9-10H2,1-4H3/b21-13-. The van der Waals surface area contributed by atoms with Crippen molar-refractivity contribution in [1.82, 2.24) is 4.90 Å². The number of thioether (sulfide) groups is 1. The van der Waals surface area contributed by atoms with Gasteiger partial charge in [0.15, 0.2) is 0 Å². The number of nitrogens with zero attached hydrogens (tertiary/aromatic N) is 2. The molecule has 0 atom stereocenters. The van der Waals surface area contributed by atoms with Gasteiger partial charge in [-0.25, -0.2) is 0 Å². The van der Waals surface area contributed by atoms with Crippen LogP contribution in [-0.4, -0.2) is 41.2 Å². The van der Waals surface area contributed by atoms with Gasteiger partial charge in [0.05, 0.1) is 23.5 Å². The second kappa shape index (κ2) is 9.86. The average Bonchev–Trinajstić information content (AvgIpc) is 3.00. The Morgan fingerprint density at radius 2 is 1.91 bits per heavy atom. The molecule has 0 N–H and O–H groups in total. The van der Waals surface area contributed by atoms with Gasteiger partial charge in [0.1, 0.15) is 18.1 Å². The highest BCUT2D eigenvalue weighted by atomic mass is 32.2. The largest absolute Gasteiger partial charge is 0.496 e. The summed E-state index contributed by atoms with van der Waals surface area (Å²) in [7, 11) is 1.43. The average molecular weight is 457 g/mol. The van der Waals surface area contributed by atoms with Crippen molar-refractivity contribution in [2.45, 2.75) is 26.7 Å². The predicted octanol–water partition coefficient (Wildman–Crippen LogP) is 5.15. The first kappa shape index (κ1) is 23.3. The minimum atomic E-state index is -0.531. The van der Waals surface area contributed by atoms with Crippen LogP contribution in [0.5, 0.6) is 11.5 Å². The van der Waals surface area contributed by atoms with Crippen LogP contribution in [0.4, 0.5) is 10.5 Å². The Labute approximate surface area is 190 Å². The molecule has 0 aromatic heterocycles. The van der Waals surface area contributed by atoms with Crippen LogP contribution in [0, 0.1) is 17.0 Å². The van der Waals surface area contributed by atoms with Gasteiger partial charge in [0, 0.05) is 17.7 Å². The van der Waals surface area contributed by atoms with Crippen LogP contribution in [0.25, 0.3) is 6.08 Å². The smallest absolute Gasteiger partial charge is 0.293 e. The van der Waals surface area contributed by atoms with Crippen LogP contribution in [0.2, 0.25) is 0 Å². The topological polar surface area (TPSA) is 99.0 Å². The number of methoxy groups -OCH3 is 1. The molecule has 1 heterocycles. The highest BCUT2D eigenvalue weighted by Crippen LogP contribution is 2.35. The van der Waals surface area contributed by atoms with Gasteiger partial charge in [-0.15, -0.1) is 0 Å². The van der Waals surface area contributed by atoms with Gasteiger partial charge in [0.2, 0.25) is 0 Å². The molecule has 32 heavy (non-hydrogen) atoms. The van der Waals surface area contributed by atoms with Gasteiger partial charge in [-0.1, -0.05) is 26.0 Å². The minimum Gasteiger partial charge on any atom is -0.496 e. The third kappa shape index (κ3) is 5.11. The number of carbonyl (C=O) groups is 2. The van der Waals surface area contributed by atoms with E-state index in [9.17, 15) is 19.7 Å². The number of non-ortho nitro benzene ring substituents is 1. The van der Waals surface area contributed by atoms with Gasteiger partial charge in [-0.05, 0) is 53.9 Å². The second-order valence-corrected chi connectivity index (χ2v) is 8.55. The van der Waals surface area contributed by atoms with Crippen molar-refractivity contribution in [2.24, 2.45) is 0 Å². The molecule has 0 bridgehead atoms. The fraction of sp³-hybridized carbons (Fsp3) is 0.304. The number of amides is 2. The maximum absolute atomic E-state index is 12.8. The summed E-state index contributed by atoms with van der Waals surface area (Å²) in [4.78, 5) is 37.0. The van der Waals surface area contributed by atoms with Gasteiger partial charge < -0.3 is 9.47 Å². The Kier molecular flexibility index (Phi) is 7.19. The van der Waals surface area contributed by atoms with E-state index in [2.05, 4.69) is 13.8 Å². The zero-order valence-electron chi connectivity index (χ0n) is 18.3. The molecule has 2 aromatic carbocycles. The number of nitro groups is 1.